The molecular formula is C13H24N2O2. The van der Waals surface area contributed by atoms with Crippen LogP contribution in [0.3, 0.4) is 0 Å². The van der Waals surface area contributed by atoms with E-state index in [2.05, 4.69) is 9.80 Å². The van der Waals surface area contributed by atoms with E-state index in [1.807, 2.05) is 0 Å². The zero-order chi connectivity index (χ0) is 12.1. The van der Waals surface area contributed by atoms with Crippen molar-refractivity contribution in [1.82, 2.24) is 9.80 Å². The number of carbonyl (C=O) groups is 1. The summed E-state index contributed by atoms with van der Waals surface area (Å²) in [6, 6.07) is 0. The molecule has 2 rings (SSSR count). The van der Waals surface area contributed by atoms with E-state index in [0.29, 0.717) is 0 Å². The maximum atomic E-state index is 10.8. The highest BCUT2D eigenvalue weighted by Crippen LogP contribution is 2.29. The van der Waals surface area contributed by atoms with Crippen LogP contribution in [0.1, 0.15) is 32.1 Å². The summed E-state index contributed by atoms with van der Waals surface area (Å²) in [5.41, 5.74) is 0. The standard InChI is InChI=1S/C13H24N2O2/c16-13(17)11-15(10-12-4-5-12)9-3-8-14-6-1-2-7-14/h12H,1-11H2,(H,16,17). The van der Waals surface area contributed by atoms with Gasteiger partial charge in [-0.1, -0.05) is 0 Å². The van der Waals surface area contributed by atoms with Gasteiger partial charge in [0.25, 0.3) is 0 Å². The molecule has 0 aromatic heterocycles. The summed E-state index contributed by atoms with van der Waals surface area (Å²) in [5, 5.41) is 8.88. The van der Waals surface area contributed by atoms with Crippen LogP contribution in [-0.2, 0) is 4.79 Å². The van der Waals surface area contributed by atoms with Crippen LogP contribution in [0.2, 0.25) is 0 Å². The average molecular weight is 240 g/mol. The number of carboxylic acids is 1. The zero-order valence-corrected chi connectivity index (χ0v) is 10.6. The first kappa shape index (κ1) is 12.8. The summed E-state index contributed by atoms with van der Waals surface area (Å²) >= 11 is 0. The second-order valence-electron chi connectivity index (χ2n) is 5.47. The second-order valence-corrected chi connectivity index (χ2v) is 5.47. The number of nitrogens with zero attached hydrogens (tertiary/aromatic N) is 2. The van der Waals surface area contributed by atoms with Crippen LogP contribution in [0.4, 0.5) is 0 Å². The molecule has 4 nitrogen and oxygen atoms in total. The van der Waals surface area contributed by atoms with Crippen LogP contribution >= 0.6 is 0 Å². The van der Waals surface area contributed by atoms with E-state index >= 15 is 0 Å². The molecule has 1 saturated heterocycles. The molecule has 1 aliphatic heterocycles. The molecule has 1 saturated carbocycles. The smallest absolute Gasteiger partial charge is 0.317 e. The van der Waals surface area contributed by atoms with Crippen molar-refractivity contribution in [1.29, 1.82) is 0 Å². The topological polar surface area (TPSA) is 43.8 Å². The van der Waals surface area contributed by atoms with Gasteiger partial charge in [0.15, 0.2) is 0 Å². The number of aliphatic carboxylic acids is 1. The SMILES string of the molecule is O=C(O)CN(CCCN1CCCC1)CC1CC1. The summed E-state index contributed by atoms with van der Waals surface area (Å²) in [6.45, 7) is 5.77. The van der Waals surface area contributed by atoms with E-state index in [9.17, 15) is 4.79 Å². The van der Waals surface area contributed by atoms with Crippen LogP contribution in [-0.4, -0.2) is 60.1 Å². The molecule has 0 atom stereocenters. The first-order valence-electron chi connectivity index (χ1n) is 6.90. The Hall–Kier alpha value is -0.610. The Labute approximate surface area is 104 Å². The third-order valence-corrected chi connectivity index (χ3v) is 3.72. The second kappa shape index (κ2) is 6.36. The van der Waals surface area contributed by atoms with Crippen LogP contribution in [0.15, 0.2) is 0 Å². The van der Waals surface area contributed by atoms with Crippen molar-refractivity contribution in [2.75, 3.05) is 39.3 Å². The van der Waals surface area contributed by atoms with Gasteiger partial charge in [0.2, 0.25) is 0 Å². The van der Waals surface area contributed by atoms with Crippen molar-refractivity contribution in [2.45, 2.75) is 32.1 Å². The number of hydrogen-bond donors (Lipinski definition) is 1. The molecule has 0 aromatic rings. The van der Waals surface area contributed by atoms with E-state index in [0.717, 1.165) is 32.0 Å². The van der Waals surface area contributed by atoms with Crippen molar-refractivity contribution >= 4 is 5.97 Å². The highest BCUT2D eigenvalue weighted by atomic mass is 16.4. The zero-order valence-electron chi connectivity index (χ0n) is 10.6. The predicted octanol–water partition coefficient (Wildman–Crippen LogP) is 1.27. The van der Waals surface area contributed by atoms with Crippen LogP contribution in [0.25, 0.3) is 0 Å². The van der Waals surface area contributed by atoms with Gasteiger partial charge in [0.05, 0.1) is 6.54 Å². The van der Waals surface area contributed by atoms with E-state index in [1.165, 1.54) is 38.8 Å². The monoisotopic (exact) mass is 240 g/mol. The maximum absolute atomic E-state index is 10.8. The number of carboxylic acid groups (broad SMARTS) is 1. The van der Waals surface area contributed by atoms with Crippen LogP contribution in [0, 0.1) is 5.92 Å². The van der Waals surface area contributed by atoms with E-state index in [4.69, 9.17) is 5.11 Å². The molecule has 0 aromatic carbocycles. The van der Waals surface area contributed by atoms with Gasteiger partial charge in [-0.05, 0) is 64.2 Å². The van der Waals surface area contributed by atoms with Crippen molar-refractivity contribution < 1.29 is 9.90 Å². The molecule has 2 aliphatic rings. The lowest BCUT2D eigenvalue weighted by Gasteiger charge is -2.22. The molecule has 0 amide bonds. The number of rotatable bonds is 8. The molecule has 0 spiro atoms. The Morgan fingerprint density at radius 2 is 2.00 bits per heavy atom. The van der Waals surface area contributed by atoms with Crippen LogP contribution in [0.5, 0.6) is 0 Å². The first-order chi connectivity index (χ1) is 8.24. The lowest BCUT2D eigenvalue weighted by molar-refractivity contribution is -0.138. The number of likely N-dealkylation sites (tertiary alicyclic amines) is 1. The Balaban J connectivity index is 1.62. The summed E-state index contributed by atoms with van der Waals surface area (Å²) in [6.07, 6.45) is 6.37. The third-order valence-electron chi connectivity index (χ3n) is 3.72. The molecule has 0 unspecified atom stereocenters. The quantitative estimate of drug-likeness (QED) is 0.694. The van der Waals surface area contributed by atoms with Crippen molar-refractivity contribution in [3.8, 4) is 0 Å². The fourth-order valence-electron chi connectivity index (χ4n) is 2.62. The summed E-state index contributed by atoms with van der Waals surface area (Å²) in [5.74, 6) is 0.0907. The summed E-state index contributed by atoms with van der Waals surface area (Å²) in [7, 11) is 0. The van der Waals surface area contributed by atoms with Gasteiger partial charge >= 0.3 is 5.97 Å². The average Bonchev–Trinajstić information content (AvgIpc) is 2.92. The highest BCUT2D eigenvalue weighted by Gasteiger charge is 2.25. The molecule has 1 N–H and O–H groups in total. The van der Waals surface area contributed by atoms with Crippen LogP contribution < -0.4 is 0 Å². The molecule has 0 bridgehead atoms. The van der Waals surface area contributed by atoms with Gasteiger partial charge in [-0.3, -0.25) is 9.69 Å². The summed E-state index contributed by atoms with van der Waals surface area (Å²) < 4.78 is 0. The largest absolute Gasteiger partial charge is 0.480 e. The van der Waals surface area contributed by atoms with Crippen molar-refractivity contribution in [3.05, 3.63) is 0 Å². The van der Waals surface area contributed by atoms with Crippen molar-refractivity contribution in [2.24, 2.45) is 5.92 Å². The lowest BCUT2D eigenvalue weighted by atomic mass is 10.3. The van der Waals surface area contributed by atoms with Gasteiger partial charge in [0.1, 0.15) is 0 Å². The molecule has 98 valence electrons. The molecule has 2 fully saturated rings. The molecule has 1 heterocycles. The van der Waals surface area contributed by atoms with Gasteiger partial charge in [-0.25, -0.2) is 0 Å². The third kappa shape index (κ3) is 5.04. The Morgan fingerprint density at radius 1 is 1.29 bits per heavy atom. The minimum absolute atomic E-state index is 0.219. The minimum atomic E-state index is -0.688. The van der Waals surface area contributed by atoms with E-state index in [1.54, 1.807) is 0 Å². The molecule has 17 heavy (non-hydrogen) atoms. The number of hydrogen-bond acceptors (Lipinski definition) is 3. The Morgan fingerprint density at radius 3 is 2.59 bits per heavy atom. The molecule has 1 aliphatic carbocycles. The molecule has 0 radical (unpaired) electrons. The Kier molecular flexibility index (Phi) is 4.80. The van der Waals surface area contributed by atoms with Gasteiger partial charge in [-0.15, -0.1) is 0 Å². The molecule has 4 heteroatoms. The van der Waals surface area contributed by atoms with Gasteiger partial charge < -0.3 is 10.0 Å². The maximum Gasteiger partial charge on any atom is 0.317 e. The molecular weight excluding hydrogens is 216 g/mol. The first-order valence-corrected chi connectivity index (χ1v) is 6.90. The normalized spacial score (nSPS) is 21.2. The predicted molar refractivity (Wildman–Crippen MR) is 67.1 cm³/mol. The fourth-order valence-corrected chi connectivity index (χ4v) is 2.62. The highest BCUT2D eigenvalue weighted by molar-refractivity contribution is 5.69. The minimum Gasteiger partial charge on any atom is -0.480 e. The Bertz CT molecular complexity index is 248. The lowest BCUT2D eigenvalue weighted by Crippen LogP contribution is -2.34. The fraction of sp³-hybridized carbons (Fsp3) is 0.923. The van der Waals surface area contributed by atoms with Crippen molar-refractivity contribution in [3.63, 3.8) is 0 Å². The van der Waals surface area contributed by atoms with Gasteiger partial charge in [0, 0.05) is 6.54 Å². The van der Waals surface area contributed by atoms with E-state index in [-0.39, 0.29) is 6.54 Å². The van der Waals surface area contributed by atoms with Gasteiger partial charge in [-0.2, -0.15) is 0 Å². The summed E-state index contributed by atoms with van der Waals surface area (Å²) in [4.78, 5) is 15.4. The van der Waals surface area contributed by atoms with E-state index < -0.39 is 5.97 Å².